The molecule has 3 nitrogen and oxygen atoms in total. The van der Waals surface area contributed by atoms with E-state index >= 15 is 0 Å². The largest absolute Gasteiger partial charge is 0.573 e. The second-order valence-electron chi connectivity index (χ2n) is 4.12. The van der Waals surface area contributed by atoms with Crippen LogP contribution in [0, 0.1) is 11.3 Å². The highest BCUT2D eigenvalue weighted by molar-refractivity contribution is 5.32. The van der Waals surface area contributed by atoms with Gasteiger partial charge in [-0.2, -0.15) is 5.26 Å². The van der Waals surface area contributed by atoms with Gasteiger partial charge >= 0.3 is 6.36 Å². The first-order chi connectivity index (χ1) is 8.48. The van der Waals surface area contributed by atoms with Gasteiger partial charge in [0.2, 0.25) is 0 Å². The Morgan fingerprint density at radius 3 is 2.33 bits per heavy atom. The minimum atomic E-state index is -4.69. The van der Waals surface area contributed by atoms with Gasteiger partial charge in [-0.25, -0.2) is 0 Å². The Morgan fingerprint density at radius 1 is 1.28 bits per heavy atom. The van der Waals surface area contributed by atoms with Gasteiger partial charge in [-0.15, -0.1) is 13.2 Å². The maximum absolute atomic E-state index is 12.0. The van der Waals surface area contributed by atoms with Crippen LogP contribution in [0.5, 0.6) is 5.75 Å². The van der Waals surface area contributed by atoms with Crippen molar-refractivity contribution in [2.75, 3.05) is 0 Å². The summed E-state index contributed by atoms with van der Waals surface area (Å²) in [6, 6.07) is 7.29. The molecule has 0 spiro atoms. The molecule has 0 saturated heterocycles. The van der Waals surface area contributed by atoms with Gasteiger partial charge in [0.25, 0.3) is 0 Å². The van der Waals surface area contributed by atoms with Gasteiger partial charge < -0.3 is 4.74 Å². The van der Waals surface area contributed by atoms with E-state index in [1.54, 1.807) is 0 Å². The Kier molecular flexibility index (Phi) is 3.43. The summed E-state index contributed by atoms with van der Waals surface area (Å²) in [6.07, 6.45) is -2.62. The molecule has 18 heavy (non-hydrogen) atoms. The highest BCUT2D eigenvalue weighted by atomic mass is 19.4. The van der Waals surface area contributed by atoms with E-state index in [1.165, 1.54) is 24.3 Å². The fourth-order valence-electron chi connectivity index (χ4n) is 1.56. The third kappa shape index (κ3) is 3.64. The SMILES string of the molecule is N#CC(NC1CC1)c1ccc(OC(F)(F)F)cc1. The molecule has 1 saturated carbocycles. The smallest absolute Gasteiger partial charge is 0.406 e. The Labute approximate surface area is 102 Å². The number of halogens is 3. The van der Waals surface area contributed by atoms with E-state index in [0.717, 1.165) is 12.8 Å². The predicted octanol–water partition coefficient (Wildman–Crippen LogP) is 2.90. The van der Waals surface area contributed by atoms with Crippen molar-refractivity contribution in [2.45, 2.75) is 31.3 Å². The van der Waals surface area contributed by atoms with E-state index in [1.807, 2.05) is 0 Å². The summed E-state index contributed by atoms with van der Waals surface area (Å²) in [5.74, 6) is -0.283. The summed E-state index contributed by atoms with van der Waals surface area (Å²) in [7, 11) is 0. The molecule has 1 aliphatic rings. The van der Waals surface area contributed by atoms with Crippen LogP contribution in [-0.2, 0) is 0 Å². The van der Waals surface area contributed by atoms with Gasteiger partial charge in [-0.1, -0.05) is 12.1 Å². The van der Waals surface area contributed by atoms with Crippen molar-refractivity contribution in [3.8, 4) is 11.8 Å². The number of nitrogens with zero attached hydrogens (tertiary/aromatic N) is 1. The lowest BCUT2D eigenvalue weighted by molar-refractivity contribution is -0.274. The van der Waals surface area contributed by atoms with Crippen LogP contribution < -0.4 is 10.1 Å². The number of hydrogen-bond donors (Lipinski definition) is 1. The highest BCUT2D eigenvalue weighted by Gasteiger charge is 2.31. The molecule has 96 valence electrons. The number of rotatable bonds is 4. The van der Waals surface area contributed by atoms with Gasteiger partial charge in [0.1, 0.15) is 11.8 Å². The molecule has 0 aromatic heterocycles. The molecule has 1 aromatic carbocycles. The van der Waals surface area contributed by atoms with Gasteiger partial charge in [0.15, 0.2) is 0 Å². The summed E-state index contributed by atoms with van der Waals surface area (Å²) < 4.78 is 39.6. The van der Waals surface area contributed by atoms with Gasteiger partial charge in [0.05, 0.1) is 6.07 Å². The third-order valence-corrected chi connectivity index (χ3v) is 2.56. The molecule has 1 atom stereocenters. The van der Waals surface area contributed by atoms with Gasteiger partial charge in [0, 0.05) is 6.04 Å². The average Bonchev–Trinajstić information content (AvgIpc) is 3.09. The first-order valence-electron chi connectivity index (χ1n) is 5.49. The Bertz CT molecular complexity index is 446. The number of alkyl halides is 3. The van der Waals surface area contributed by atoms with Crippen molar-refractivity contribution in [2.24, 2.45) is 0 Å². The number of hydrogen-bond acceptors (Lipinski definition) is 3. The predicted molar refractivity (Wildman–Crippen MR) is 57.6 cm³/mol. The Balaban J connectivity index is 2.03. The quantitative estimate of drug-likeness (QED) is 0.900. The van der Waals surface area contributed by atoms with Crippen LogP contribution in [0.2, 0.25) is 0 Å². The lowest BCUT2D eigenvalue weighted by Crippen LogP contribution is -2.22. The van der Waals surface area contributed by atoms with Crippen LogP contribution in [-0.4, -0.2) is 12.4 Å². The number of benzene rings is 1. The van der Waals surface area contributed by atoms with Crippen molar-refractivity contribution in [3.63, 3.8) is 0 Å². The van der Waals surface area contributed by atoms with Crippen molar-refractivity contribution >= 4 is 0 Å². The first-order valence-corrected chi connectivity index (χ1v) is 5.49. The molecular formula is C12H11F3N2O. The molecule has 1 unspecified atom stereocenters. The van der Waals surface area contributed by atoms with Crippen molar-refractivity contribution < 1.29 is 17.9 Å². The second kappa shape index (κ2) is 4.86. The summed E-state index contributed by atoms with van der Waals surface area (Å²) >= 11 is 0. The molecule has 1 aliphatic carbocycles. The third-order valence-electron chi connectivity index (χ3n) is 2.56. The number of ether oxygens (including phenoxy) is 1. The van der Waals surface area contributed by atoms with Gasteiger partial charge in [-0.3, -0.25) is 5.32 Å². The second-order valence-corrected chi connectivity index (χ2v) is 4.12. The standard InChI is InChI=1S/C12H11F3N2O/c13-12(14,15)18-10-5-1-8(2-6-10)11(7-16)17-9-3-4-9/h1-2,5-6,9,11,17H,3-4H2. The van der Waals surface area contributed by atoms with E-state index in [2.05, 4.69) is 16.1 Å². The summed E-state index contributed by atoms with van der Waals surface area (Å²) in [4.78, 5) is 0. The molecule has 0 heterocycles. The zero-order valence-electron chi connectivity index (χ0n) is 9.37. The van der Waals surface area contributed by atoms with E-state index in [0.29, 0.717) is 11.6 Å². The first kappa shape index (κ1) is 12.7. The Morgan fingerprint density at radius 2 is 1.89 bits per heavy atom. The lowest BCUT2D eigenvalue weighted by Gasteiger charge is -2.12. The maximum atomic E-state index is 12.0. The van der Waals surface area contributed by atoms with Crippen LogP contribution >= 0.6 is 0 Å². The normalized spacial score (nSPS) is 17.0. The summed E-state index contributed by atoms with van der Waals surface area (Å²) in [5.41, 5.74) is 0.638. The fraction of sp³-hybridized carbons (Fsp3) is 0.417. The topological polar surface area (TPSA) is 45.0 Å². The Hall–Kier alpha value is -1.74. The van der Waals surface area contributed by atoms with Crippen LogP contribution in [0.15, 0.2) is 24.3 Å². The zero-order valence-corrected chi connectivity index (χ0v) is 9.37. The molecular weight excluding hydrogens is 245 g/mol. The monoisotopic (exact) mass is 256 g/mol. The van der Waals surface area contributed by atoms with E-state index in [4.69, 9.17) is 5.26 Å². The molecule has 0 aliphatic heterocycles. The lowest BCUT2D eigenvalue weighted by atomic mass is 10.1. The fourth-order valence-corrected chi connectivity index (χ4v) is 1.56. The minimum Gasteiger partial charge on any atom is -0.406 e. The number of nitrogens with one attached hydrogen (secondary N) is 1. The molecule has 0 amide bonds. The van der Waals surface area contributed by atoms with Crippen LogP contribution in [0.3, 0.4) is 0 Å². The molecule has 0 radical (unpaired) electrons. The van der Waals surface area contributed by atoms with Crippen molar-refractivity contribution in [1.82, 2.24) is 5.32 Å². The number of nitriles is 1. The summed E-state index contributed by atoms with van der Waals surface area (Å²) in [6.45, 7) is 0. The molecule has 1 N–H and O–H groups in total. The van der Waals surface area contributed by atoms with E-state index < -0.39 is 12.4 Å². The van der Waals surface area contributed by atoms with Crippen LogP contribution in [0.1, 0.15) is 24.4 Å². The molecule has 6 heteroatoms. The molecule has 0 bridgehead atoms. The molecule has 1 fully saturated rings. The molecule has 1 aromatic rings. The van der Waals surface area contributed by atoms with Crippen molar-refractivity contribution in [1.29, 1.82) is 5.26 Å². The zero-order chi connectivity index (χ0) is 13.2. The van der Waals surface area contributed by atoms with E-state index in [-0.39, 0.29) is 5.75 Å². The molecule has 2 rings (SSSR count). The van der Waals surface area contributed by atoms with Crippen LogP contribution in [0.4, 0.5) is 13.2 Å². The highest BCUT2D eigenvalue weighted by Crippen LogP contribution is 2.26. The van der Waals surface area contributed by atoms with Gasteiger partial charge in [-0.05, 0) is 30.5 Å². The van der Waals surface area contributed by atoms with Crippen LogP contribution in [0.25, 0.3) is 0 Å². The van der Waals surface area contributed by atoms with E-state index in [9.17, 15) is 13.2 Å². The average molecular weight is 256 g/mol. The summed E-state index contributed by atoms with van der Waals surface area (Å²) in [5, 5.41) is 12.1. The minimum absolute atomic E-state index is 0.283. The maximum Gasteiger partial charge on any atom is 0.573 e. The van der Waals surface area contributed by atoms with Crippen molar-refractivity contribution in [3.05, 3.63) is 29.8 Å².